The number of nitrogens with two attached hydrogens (primary N) is 1. The van der Waals surface area contributed by atoms with Crippen LogP contribution in [-0.4, -0.2) is 5.84 Å². The Bertz CT molecular complexity index is 390. The molecule has 0 radical (unpaired) electrons. The monoisotopic (exact) mass is 216 g/mol. The largest absolute Gasteiger partial charge is 0.416 e. The van der Waals surface area contributed by atoms with Crippen LogP contribution in [-0.2, 0) is 6.18 Å². The molecule has 1 aromatic rings. The molecule has 0 atom stereocenters. The van der Waals surface area contributed by atoms with E-state index in [0.29, 0.717) is 5.56 Å². The van der Waals surface area contributed by atoms with Crippen molar-refractivity contribution in [2.75, 3.05) is 0 Å². The van der Waals surface area contributed by atoms with Crippen molar-refractivity contribution in [2.24, 2.45) is 10.7 Å². The summed E-state index contributed by atoms with van der Waals surface area (Å²) in [6.45, 7) is 3.21. The van der Waals surface area contributed by atoms with E-state index in [-0.39, 0.29) is 11.5 Å². The number of hydrogen-bond donors (Lipinski definition) is 1. The number of halogens is 3. The molecule has 0 aromatic heterocycles. The predicted octanol–water partition coefficient (Wildman–Crippen LogP) is 3.02. The van der Waals surface area contributed by atoms with Crippen molar-refractivity contribution in [1.29, 1.82) is 0 Å². The van der Waals surface area contributed by atoms with Gasteiger partial charge in [-0.3, -0.25) is 0 Å². The highest BCUT2D eigenvalue weighted by molar-refractivity contribution is 5.81. The number of nitrogens with zero attached hydrogens (tertiary/aromatic N) is 1. The highest BCUT2D eigenvalue weighted by atomic mass is 19.4. The fourth-order valence-corrected chi connectivity index (χ4v) is 1.10. The Morgan fingerprint density at radius 1 is 1.33 bits per heavy atom. The van der Waals surface area contributed by atoms with Gasteiger partial charge in [-0.15, -0.1) is 0 Å². The van der Waals surface area contributed by atoms with Gasteiger partial charge in [0, 0.05) is 0 Å². The molecule has 2 nitrogen and oxygen atoms in total. The zero-order valence-corrected chi connectivity index (χ0v) is 8.39. The van der Waals surface area contributed by atoms with Crippen LogP contribution in [0, 0.1) is 6.92 Å². The zero-order valence-electron chi connectivity index (χ0n) is 8.39. The molecule has 2 N–H and O–H groups in total. The van der Waals surface area contributed by atoms with Crippen molar-refractivity contribution in [3.63, 3.8) is 0 Å². The first-order valence-corrected chi connectivity index (χ1v) is 4.29. The quantitative estimate of drug-likeness (QED) is 0.568. The maximum Gasteiger partial charge on any atom is 0.416 e. The van der Waals surface area contributed by atoms with E-state index >= 15 is 0 Å². The second kappa shape index (κ2) is 3.92. The van der Waals surface area contributed by atoms with E-state index in [1.165, 1.54) is 13.0 Å². The summed E-state index contributed by atoms with van der Waals surface area (Å²) in [7, 11) is 0. The summed E-state index contributed by atoms with van der Waals surface area (Å²) in [4.78, 5) is 3.83. The summed E-state index contributed by atoms with van der Waals surface area (Å²) < 4.78 is 37.1. The van der Waals surface area contributed by atoms with Gasteiger partial charge in [0.15, 0.2) is 0 Å². The number of alkyl halides is 3. The molecule has 0 unspecified atom stereocenters. The van der Waals surface area contributed by atoms with E-state index in [1.807, 2.05) is 0 Å². The Kier molecular flexibility index (Phi) is 3.02. The lowest BCUT2D eigenvalue weighted by atomic mass is 10.1. The lowest BCUT2D eigenvalue weighted by Gasteiger charge is -2.08. The standard InChI is InChI=1S/C10H11F3N2/c1-6-3-4-8(10(11,12)13)5-9(6)15-7(2)14/h3-5H,1-2H3,(H2,14,15). The van der Waals surface area contributed by atoms with Crippen LogP contribution in [0.1, 0.15) is 18.1 Å². The molecule has 0 amide bonds. The maximum absolute atomic E-state index is 12.4. The van der Waals surface area contributed by atoms with Crippen molar-refractivity contribution < 1.29 is 13.2 Å². The van der Waals surface area contributed by atoms with Crippen LogP contribution in [0.2, 0.25) is 0 Å². The smallest absolute Gasteiger partial charge is 0.387 e. The van der Waals surface area contributed by atoms with Crippen LogP contribution in [0.3, 0.4) is 0 Å². The first-order valence-electron chi connectivity index (χ1n) is 4.29. The third-order valence-electron chi connectivity index (χ3n) is 1.83. The zero-order chi connectivity index (χ0) is 11.6. The van der Waals surface area contributed by atoms with Crippen molar-refractivity contribution in [1.82, 2.24) is 0 Å². The van der Waals surface area contributed by atoms with E-state index in [1.54, 1.807) is 6.92 Å². The molecule has 5 heteroatoms. The van der Waals surface area contributed by atoms with Gasteiger partial charge < -0.3 is 5.73 Å². The SMILES string of the molecule is CC(N)=Nc1cc(C(F)(F)F)ccc1C. The van der Waals surface area contributed by atoms with E-state index in [9.17, 15) is 13.2 Å². The number of amidine groups is 1. The average Bonchev–Trinajstić information content (AvgIpc) is 2.06. The number of aliphatic imine (C=N–C) groups is 1. The molecule has 0 spiro atoms. The molecule has 0 aliphatic carbocycles. The molecular weight excluding hydrogens is 205 g/mol. The molecule has 82 valence electrons. The Balaban J connectivity index is 3.23. The molecule has 0 heterocycles. The van der Waals surface area contributed by atoms with Crippen molar-refractivity contribution >= 4 is 11.5 Å². The van der Waals surface area contributed by atoms with Crippen LogP contribution >= 0.6 is 0 Å². The van der Waals surface area contributed by atoms with E-state index in [0.717, 1.165) is 12.1 Å². The fourth-order valence-electron chi connectivity index (χ4n) is 1.10. The molecule has 1 aromatic carbocycles. The Morgan fingerprint density at radius 2 is 1.93 bits per heavy atom. The summed E-state index contributed by atoms with van der Waals surface area (Å²) in [6, 6.07) is 3.40. The predicted molar refractivity (Wildman–Crippen MR) is 53.1 cm³/mol. The Hall–Kier alpha value is -1.52. The first kappa shape index (κ1) is 11.6. The third kappa shape index (κ3) is 2.97. The van der Waals surface area contributed by atoms with Crippen molar-refractivity contribution in [2.45, 2.75) is 20.0 Å². The molecule has 0 aliphatic rings. The van der Waals surface area contributed by atoms with E-state index in [2.05, 4.69) is 4.99 Å². The molecular formula is C10H11F3N2. The molecule has 15 heavy (non-hydrogen) atoms. The van der Waals surface area contributed by atoms with Gasteiger partial charge >= 0.3 is 6.18 Å². The van der Waals surface area contributed by atoms with E-state index in [4.69, 9.17) is 5.73 Å². The number of hydrogen-bond acceptors (Lipinski definition) is 1. The highest BCUT2D eigenvalue weighted by Crippen LogP contribution is 2.32. The first-order chi connectivity index (χ1) is 6.80. The van der Waals surface area contributed by atoms with Gasteiger partial charge in [0.2, 0.25) is 0 Å². The number of rotatable bonds is 1. The Morgan fingerprint density at radius 3 is 2.40 bits per heavy atom. The van der Waals surface area contributed by atoms with Gasteiger partial charge in [0.25, 0.3) is 0 Å². The van der Waals surface area contributed by atoms with Gasteiger partial charge in [-0.1, -0.05) is 6.07 Å². The molecule has 0 saturated heterocycles. The number of benzene rings is 1. The van der Waals surface area contributed by atoms with Gasteiger partial charge in [-0.05, 0) is 31.5 Å². The summed E-state index contributed by atoms with van der Waals surface area (Å²) >= 11 is 0. The fraction of sp³-hybridized carbons (Fsp3) is 0.300. The normalized spacial score (nSPS) is 13.0. The van der Waals surface area contributed by atoms with Crippen LogP contribution < -0.4 is 5.73 Å². The maximum atomic E-state index is 12.4. The van der Waals surface area contributed by atoms with Crippen LogP contribution in [0.5, 0.6) is 0 Å². The lowest BCUT2D eigenvalue weighted by Crippen LogP contribution is -2.06. The van der Waals surface area contributed by atoms with Gasteiger partial charge in [-0.2, -0.15) is 13.2 Å². The molecule has 0 bridgehead atoms. The van der Waals surface area contributed by atoms with Crippen LogP contribution in [0.15, 0.2) is 23.2 Å². The van der Waals surface area contributed by atoms with Gasteiger partial charge in [0.1, 0.15) is 0 Å². The number of aryl methyl sites for hydroxylation is 1. The second-order valence-corrected chi connectivity index (χ2v) is 3.25. The van der Waals surface area contributed by atoms with Crippen molar-refractivity contribution in [3.8, 4) is 0 Å². The highest BCUT2D eigenvalue weighted by Gasteiger charge is 2.30. The van der Waals surface area contributed by atoms with Crippen molar-refractivity contribution in [3.05, 3.63) is 29.3 Å². The van der Waals surface area contributed by atoms with Gasteiger partial charge in [0.05, 0.1) is 17.1 Å². The average molecular weight is 216 g/mol. The third-order valence-corrected chi connectivity index (χ3v) is 1.83. The van der Waals surface area contributed by atoms with Gasteiger partial charge in [-0.25, -0.2) is 4.99 Å². The minimum Gasteiger partial charge on any atom is -0.387 e. The van der Waals surface area contributed by atoms with Crippen LogP contribution in [0.4, 0.5) is 18.9 Å². The minimum atomic E-state index is -4.35. The molecule has 0 aliphatic heterocycles. The molecule has 0 fully saturated rings. The summed E-state index contributed by atoms with van der Waals surface area (Å²) in [6.07, 6.45) is -4.35. The Labute approximate surface area is 85.6 Å². The summed E-state index contributed by atoms with van der Waals surface area (Å²) in [5.74, 6) is 0.234. The van der Waals surface area contributed by atoms with Crippen LogP contribution in [0.25, 0.3) is 0 Å². The second-order valence-electron chi connectivity index (χ2n) is 3.25. The summed E-state index contributed by atoms with van der Waals surface area (Å²) in [5.41, 5.74) is 5.52. The topological polar surface area (TPSA) is 38.4 Å². The van der Waals surface area contributed by atoms with E-state index < -0.39 is 11.7 Å². The molecule has 1 rings (SSSR count). The summed E-state index contributed by atoms with van der Waals surface area (Å²) in [5, 5.41) is 0. The lowest BCUT2D eigenvalue weighted by molar-refractivity contribution is -0.137. The minimum absolute atomic E-state index is 0.234. The molecule has 0 saturated carbocycles.